The van der Waals surface area contributed by atoms with Crippen molar-refractivity contribution in [2.75, 3.05) is 6.61 Å². The maximum atomic E-state index is 13.0. The lowest BCUT2D eigenvalue weighted by Gasteiger charge is -2.11. The molecule has 1 N–H and O–H groups in total. The van der Waals surface area contributed by atoms with Crippen LogP contribution in [-0.4, -0.2) is 23.4 Å². The van der Waals surface area contributed by atoms with E-state index in [1.807, 2.05) is 6.92 Å². The second-order valence-electron chi connectivity index (χ2n) is 5.62. The molecule has 0 atom stereocenters. The number of carbonyl (C=O) groups excluding carboxylic acids is 2. The number of carbonyl (C=O) groups is 2. The Hall–Kier alpha value is -2.86. The van der Waals surface area contributed by atoms with E-state index >= 15 is 0 Å². The van der Waals surface area contributed by atoms with E-state index in [0.717, 1.165) is 4.90 Å². The molecule has 1 saturated heterocycles. The van der Waals surface area contributed by atoms with Gasteiger partial charge < -0.3 is 10.1 Å². The van der Waals surface area contributed by atoms with E-state index in [1.54, 1.807) is 18.2 Å². The molecule has 2 aromatic carbocycles. The van der Waals surface area contributed by atoms with Crippen molar-refractivity contribution < 1.29 is 18.7 Å². The predicted molar refractivity (Wildman–Crippen MR) is 96.1 cm³/mol. The lowest BCUT2D eigenvalue weighted by Crippen LogP contribution is -2.30. The van der Waals surface area contributed by atoms with Gasteiger partial charge in [0.15, 0.2) is 0 Å². The van der Waals surface area contributed by atoms with Crippen LogP contribution in [0.3, 0.4) is 0 Å². The Morgan fingerprint density at radius 1 is 1.19 bits per heavy atom. The monoisotopic (exact) mass is 374 g/mol. The highest BCUT2D eigenvalue weighted by molar-refractivity contribution is 6.30. The van der Waals surface area contributed by atoms with Gasteiger partial charge in [0.2, 0.25) is 0 Å². The van der Waals surface area contributed by atoms with Crippen molar-refractivity contribution in [2.24, 2.45) is 0 Å². The van der Waals surface area contributed by atoms with E-state index in [2.05, 4.69) is 5.32 Å². The number of imide groups is 1. The molecule has 3 amide bonds. The van der Waals surface area contributed by atoms with Crippen molar-refractivity contribution in [2.45, 2.75) is 13.5 Å². The normalized spacial score (nSPS) is 15.5. The van der Waals surface area contributed by atoms with E-state index in [0.29, 0.717) is 28.5 Å². The summed E-state index contributed by atoms with van der Waals surface area (Å²) in [6.45, 7) is 2.35. The van der Waals surface area contributed by atoms with E-state index in [1.165, 1.54) is 30.3 Å². The fourth-order valence-electron chi connectivity index (χ4n) is 2.56. The first-order chi connectivity index (χ1) is 12.5. The standard InChI is InChI=1S/C19H16ClFN2O3/c1-2-26-17-8-5-14(20)9-13(17)10-16-18(24)23(19(25)22-16)11-12-3-6-15(21)7-4-12/h3-10H,2,11H2,1H3,(H,22,25)/b16-10-. The topological polar surface area (TPSA) is 58.6 Å². The molecule has 134 valence electrons. The molecule has 0 saturated carbocycles. The van der Waals surface area contributed by atoms with Crippen LogP contribution in [0.4, 0.5) is 9.18 Å². The maximum absolute atomic E-state index is 13.0. The Kier molecular flexibility index (Phi) is 5.23. The van der Waals surface area contributed by atoms with Crippen molar-refractivity contribution in [1.82, 2.24) is 10.2 Å². The number of nitrogens with zero attached hydrogens (tertiary/aromatic N) is 1. The van der Waals surface area contributed by atoms with Crippen LogP contribution in [0.1, 0.15) is 18.1 Å². The smallest absolute Gasteiger partial charge is 0.329 e. The molecule has 1 heterocycles. The van der Waals surface area contributed by atoms with Gasteiger partial charge in [-0.1, -0.05) is 23.7 Å². The van der Waals surface area contributed by atoms with Gasteiger partial charge in [0.1, 0.15) is 17.3 Å². The largest absolute Gasteiger partial charge is 0.493 e. The molecular formula is C19H16ClFN2O3. The highest BCUT2D eigenvalue weighted by Gasteiger charge is 2.33. The number of amides is 3. The van der Waals surface area contributed by atoms with Gasteiger partial charge in [-0.25, -0.2) is 9.18 Å². The van der Waals surface area contributed by atoms with Gasteiger partial charge in [0.25, 0.3) is 5.91 Å². The summed E-state index contributed by atoms with van der Waals surface area (Å²) in [7, 11) is 0. The lowest BCUT2D eigenvalue weighted by molar-refractivity contribution is -0.123. The van der Waals surface area contributed by atoms with Crippen molar-refractivity contribution >= 4 is 29.6 Å². The zero-order valence-electron chi connectivity index (χ0n) is 14.0. The number of benzene rings is 2. The zero-order valence-corrected chi connectivity index (χ0v) is 14.7. The van der Waals surface area contributed by atoms with Crippen molar-refractivity contribution in [3.8, 4) is 5.75 Å². The van der Waals surface area contributed by atoms with Crippen molar-refractivity contribution in [1.29, 1.82) is 0 Å². The summed E-state index contributed by atoms with van der Waals surface area (Å²) in [6.07, 6.45) is 1.53. The SMILES string of the molecule is CCOc1ccc(Cl)cc1/C=C1\NC(=O)N(Cc2ccc(F)cc2)C1=O. The molecule has 0 spiro atoms. The van der Waals surface area contributed by atoms with Crippen LogP contribution in [0.25, 0.3) is 6.08 Å². The lowest BCUT2D eigenvalue weighted by atomic mass is 10.1. The van der Waals surface area contributed by atoms with E-state index in [4.69, 9.17) is 16.3 Å². The molecular weight excluding hydrogens is 359 g/mol. The number of halogens is 2. The number of rotatable bonds is 5. The van der Waals surface area contributed by atoms with Crippen LogP contribution >= 0.6 is 11.6 Å². The molecule has 1 fully saturated rings. The molecule has 0 aromatic heterocycles. The van der Waals surface area contributed by atoms with Gasteiger partial charge in [-0.2, -0.15) is 0 Å². The van der Waals surface area contributed by atoms with Gasteiger partial charge in [-0.3, -0.25) is 9.69 Å². The van der Waals surface area contributed by atoms with Crippen molar-refractivity contribution in [3.63, 3.8) is 0 Å². The second-order valence-corrected chi connectivity index (χ2v) is 6.06. The van der Waals surface area contributed by atoms with Gasteiger partial charge >= 0.3 is 6.03 Å². The van der Waals surface area contributed by atoms with E-state index in [-0.39, 0.29) is 18.1 Å². The summed E-state index contributed by atoms with van der Waals surface area (Å²) < 4.78 is 18.5. The maximum Gasteiger partial charge on any atom is 0.329 e. The van der Waals surface area contributed by atoms with E-state index < -0.39 is 11.9 Å². The Bertz CT molecular complexity index is 881. The summed E-state index contributed by atoms with van der Waals surface area (Å²) in [5.41, 5.74) is 1.36. The summed E-state index contributed by atoms with van der Waals surface area (Å²) >= 11 is 6.02. The first-order valence-corrected chi connectivity index (χ1v) is 8.37. The third kappa shape index (κ3) is 3.86. The highest BCUT2D eigenvalue weighted by atomic mass is 35.5. The summed E-state index contributed by atoms with van der Waals surface area (Å²) in [5.74, 6) is -0.291. The van der Waals surface area contributed by atoms with Gasteiger partial charge in [-0.15, -0.1) is 0 Å². The average molecular weight is 375 g/mol. The minimum atomic E-state index is -0.537. The summed E-state index contributed by atoms with van der Waals surface area (Å²) in [4.78, 5) is 25.8. The summed E-state index contributed by atoms with van der Waals surface area (Å²) in [6, 6.07) is 10.1. The number of urea groups is 1. The highest BCUT2D eigenvalue weighted by Crippen LogP contribution is 2.26. The van der Waals surface area contributed by atoms with E-state index in [9.17, 15) is 14.0 Å². The molecule has 26 heavy (non-hydrogen) atoms. The first kappa shape index (κ1) is 17.9. The number of nitrogens with one attached hydrogen (secondary N) is 1. The van der Waals surface area contributed by atoms with Crippen LogP contribution in [0.15, 0.2) is 48.2 Å². The van der Waals surface area contributed by atoms with Gasteiger partial charge in [0, 0.05) is 10.6 Å². The van der Waals surface area contributed by atoms with Crippen LogP contribution in [0.2, 0.25) is 5.02 Å². The van der Waals surface area contributed by atoms with Crippen LogP contribution in [-0.2, 0) is 11.3 Å². The number of hydrogen-bond acceptors (Lipinski definition) is 3. The molecule has 2 aromatic rings. The first-order valence-electron chi connectivity index (χ1n) is 7.99. The quantitative estimate of drug-likeness (QED) is 0.636. The molecule has 7 heteroatoms. The molecule has 0 unspecified atom stereocenters. The molecule has 1 aliphatic heterocycles. The Labute approximate surface area is 155 Å². The van der Waals surface area contributed by atoms with Crippen LogP contribution < -0.4 is 10.1 Å². The molecule has 0 aliphatic carbocycles. The second kappa shape index (κ2) is 7.58. The molecule has 3 rings (SSSR count). The third-order valence-corrected chi connectivity index (χ3v) is 4.02. The van der Waals surface area contributed by atoms with Crippen LogP contribution in [0, 0.1) is 5.82 Å². The number of hydrogen-bond donors (Lipinski definition) is 1. The predicted octanol–water partition coefficient (Wildman–Crippen LogP) is 3.97. The Morgan fingerprint density at radius 2 is 1.92 bits per heavy atom. The number of ether oxygens (including phenoxy) is 1. The molecule has 0 radical (unpaired) electrons. The average Bonchev–Trinajstić information content (AvgIpc) is 2.87. The Morgan fingerprint density at radius 3 is 2.62 bits per heavy atom. The third-order valence-electron chi connectivity index (χ3n) is 3.79. The molecule has 1 aliphatic rings. The molecule has 5 nitrogen and oxygen atoms in total. The minimum absolute atomic E-state index is 0.0517. The van der Waals surface area contributed by atoms with Crippen LogP contribution in [0.5, 0.6) is 5.75 Å². The molecule has 0 bridgehead atoms. The fourth-order valence-corrected chi connectivity index (χ4v) is 2.74. The van der Waals surface area contributed by atoms with Crippen molar-refractivity contribution in [3.05, 3.63) is 70.1 Å². The Balaban J connectivity index is 1.85. The fraction of sp³-hybridized carbons (Fsp3) is 0.158. The van der Waals surface area contributed by atoms with Gasteiger partial charge in [-0.05, 0) is 48.9 Å². The zero-order chi connectivity index (χ0) is 18.7. The summed E-state index contributed by atoms with van der Waals surface area (Å²) in [5, 5.41) is 3.03. The minimum Gasteiger partial charge on any atom is -0.493 e. The van der Waals surface area contributed by atoms with Gasteiger partial charge in [0.05, 0.1) is 13.2 Å².